The molecule has 15 nitrogen and oxygen atoms in total. The number of anilines is 4. The van der Waals surface area contributed by atoms with Gasteiger partial charge in [0, 0.05) is 104 Å². The van der Waals surface area contributed by atoms with E-state index in [4.69, 9.17) is 5.73 Å². The lowest BCUT2D eigenvalue weighted by Gasteiger charge is -2.40. The number of piperazine rings is 1. The van der Waals surface area contributed by atoms with E-state index in [1.807, 2.05) is 40.1 Å². The Kier molecular flexibility index (Phi) is 11.8. The summed E-state index contributed by atoms with van der Waals surface area (Å²) in [6.07, 6.45) is 7.05. The van der Waals surface area contributed by atoms with Gasteiger partial charge in [-0.25, -0.2) is 14.4 Å². The Morgan fingerprint density at radius 2 is 1.63 bits per heavy atom. The molecular weight excluding hydrogens is 824 g/mol. The first-order valence-corrected chi connectivity index (χ1v) is 22.5. The number of nitrogens with two attached hydrogens (primary N) is 1. The fraction of sp³-hybridized carbons (Fsp3) is 0.413. The number of rotatable bonds is 9. The van der Waals surface area contributed by atoms with Crippen LogP contribution in [-0.2, 0) is 20.9 Å². The molecular formula is C46H51FN10O5S. The van der Waals surface area contributed by atoms with Gasteiger partial charge < -0.3 is 35.6 Å². The number of nitrogens with zero attached hydrogens (tertiary/aromatic N) is 7. The van der Waals surface area contributed by atoms with Crippen molar-refractivity contribution in [2.75, 3.05) is 72.4 Å². The van der Waals surface area contributed by atoms with E-state index >= 15 is 4.39 Å². The summed E-state index contributed by atoms with van der Waals surface area (Å²) in [7, 11) is 0. The van der Waals surface area contributed by atoms with Crippen LogP contribution in [0, 0.1) is 11.7 Å². The van der Waals surface area contributed by atoms with Crippen LogP contribution in [0.15, 0.2) is 83.0 Å². The zero-order chi connectivity index (χ0) is 43.8. The summed E-state index contributed by atoms with van der Waals surface area (Å²) in [6.45, 7) is 7.53. The molecule has 6 heterocycles. The van der Waals surface area contributed by atoms with Gasteiger partial charge in [0.05, 0.1) is 18.1 Å². The van der Waals surface area contributed by atoms with Crippen LogP contribution in [0.25, 0.3) is 0 Å². The third-order valence-electron chi connectivity index (χ3n) is 13.0. The molecule has 0 radical (unpaired) electrons. The zero-order valence-corrected chi connectivity index (χ0v) is 36.0. The Labute approximate surface area is 369 Å². The highest BCUT2D eigenvalue weighted by Gasteiger charge is 2.40. The molecule has 4 N–H and O–H groups in total. The van der Waals surface area contributed by atoms with Crippen molar-refractivity contribution in [1.29, 1.82) is 0 Å². The monoisotopic (exact) mass is 874 g/mol. The second-order valence-electron chi connectivity index (χ2n) is 17.4. The molecule has 9 rings (SSSR count). The topological polar surface area (TPSA) is 177 Å². The highest BCUT2D eigenvalue weighted by Crippen LogP contribution is 2.33. The molecule has 0 spiro atoms. The molecule has 5 aliphatic rings. The van der Waals surface area contributed by atoms with Crippen LogP contribution in [0.2, 0.25) is 0 Å². The number of nitrogens with one attached hydrogen (secondary N) is 2. The van der Waals surface area contributed by atoms with Crippen molar-refractivity contribution in [3.8, 4) is 0 Å². The summed E-state index contributed by atoms with van der Waals surface area (Å²) < 4.78 is 15.6. The summed E-state index contributed by atoms with van der Waals surface area (Å²) in [5.41, 5.74) is 9.70. The van der Waals surface area contributed by atoms with Crippen molar-refractivity contribution in [1.82, 2.24) is 25.1 Å². The van der Waals surface area contributed by atoms with Crippen molar-refractivity contribution in [2.45, 2.75) is 73.5 Å². The van der Waals surface area contributed by atoms with Crippen molar-refractivity contribution in [3.63, 3.8) is 0 Å². The predicted octanol–water partition coefficient (Wildman–Crippen LogP) is 4.66. The van der Waals surface area contributed by atoms with Gasteiger partial charge in [0.25, 0.3) is 11.8 Å². The lowest BCUT2D eigenvalue weighted by molar-refractivity contribution is -0.137. The number of fused-ring (bicyclic) bond motifs is 1. The molecule has 17 heteroatoms. The van der Waals surface area contributed by atoms with E-state index in [9.17, 15) is 24.0 Å². The van der Waals surface area contributed by atoms with Crippen LogP contribution in [0.3, 0.4) is 0 Å². The number of imide groups is 1. The second kappa shape index (κ2) is 17.6. The van der Waals surface area contributed by atoms with E-state index in [0.717, 1.165) is 52.9 Å². The van der Waals surface area contributed by atoms with Crippen LogP contribution in [0.5, 0.6) is 0 Å². The minimum absolute atomic E-state index is 0.114. The van der Waals surface area contributed by atoms with Gasteiger partial charge in [-0.05, 0) is 99.2 Å². The molecule has 63 heavy (non-hydrogen) atoms. The molecule has 5 amide bonds. The molecule has 0 saturated carbocycles. The Morgan fingerprint density at radius 1 is 0.857 bits per heavy atom. The van der Waals surface area contributed by atoms with Crippen molar-refractivity contribution in [2.24, 2.45) is 11.7 Å². The zero-order valence-electron chi connectivity index (χ0n) is 35.2. The molecule has 4 aromatic rings. The van der Waals surface area contributed by atoms with Gasteiger partial charge in [0.15, 0.2) is 0 Å². The number of carbonyl (C=O) groups excluding carboxylic acids is 5. The average molecular weight is 875 g/mol. The van der Waals surface area contributed by atoms with Gasteiger partial charge in [-0.15, -0.1) is 0 Å². The predicted molar refractivity (Wildman–Crippen MR) is 237 cm³/mol. The minimum atomic E-state index is -0.659. The Bertz CT molecular complexity index is 2430. The summed E-state index contributed by atoms with van der Waals surface area (Å²) in [6, 6.07) is 17.0. The number of piperidine rings is 3. The fourth-order valence-corrected chi connectivity index (χ4v) is 9.99. The van der Waals surface area contributed by atoms with E-state index in [1.54, 1.807) is 41.6 Å². The third kappa shape index (κ3) is 9.21. The number of benzene rings is 3. The average Bonchev–Trinajstić information content (AvgIpc) is 3.61. The molecule has 328 valence electrons. The van der Waals surface area contributed by atoms with Gasteiger partial charge in [-0.1, -0.05) is 17.8 Å². The van der Waals surface area contributed by atoms with E-state index in [2.05, 4.69) is 37.3 Å². The number of carbonyl (C=O) groups is 5. The Hall–Kier alpha value is -6.07. The van der Waals surface area contributed by atoms with Crippen LogP contribution >= 0.6 is 11.8 Å². The van der Waals surface area contributed by atoms with Crippen molar-refractivity contribution >= 4 is 64.2 Å². The lowest BCUT2D eigenvalue weighted by atomic mass is 9.91. The summed E-state index contributed by atoms with van der Waals surface area (Å²) >= 11 is 1.44. The van der Waals surface area contributed by atoms with Crippen LogP contribution < -0.4 is 31.1 Å². The summed E-state index contributed by atoms with van der Waals surface area (Å²) in [5, 5.41) is 5.96. The first kappa shape index (κ1) is 42.2. The van der Waals surface area contributed by atoms with Crippen LogP contribution in [0.1, 0.15) is 71.7 Å². The highest BCUT2D eigenvalue weighted by molar-refractivity contribution is 7.99. The third-order valence-corrected chi connectivity index (χ3v) is 13.9. The molecule has 1 aromatic heterocycles. The highest BCUT2D eigenvalue weighted by atomic mass is 32.2. The number of hydrogen-bond donors (Lipinski definition) is 3. The second-order valence-corrected chi connectivity index (χ2v) is 18.5. The van der Waals surface area contributed by atoms with Crippen molar-refractivity contribution in [3.05, 3.63) is 95.6 Å². The molecule has 0 bridgehead atoms. The smallest absolute Gasteiger partial charge is 0.255 e. The van der Waals surface area contributed by atoms with E-state index in [-0.39, 0.29) is 41.2 Å². The number of aromatic nitrogens is 2. The van der Waals surface area contributed by atoms with Gasteiger partial charge in [-0.3, -0.25) is 29.3 Å². The first-order chi connectivity index (χ1) is 30.4. The lowest BCUT2D eigenvalue weighted by Crippen LogP contribution is -2.52. The quantitative estimate of drug-likeness (QED) is 0.199. The number of amides is 5. The largest absolute Gasteiger partial charge is 0.369 e. The summed E-state index contributed by atoms with van der Waals surface area (Å²) in [4.78, 5) is 84.0. The van der Waals surface area contributed by atoms with E-state index in [1.165, 1.54) is 17.8 Å². The Balaban J connectivity index is 0.733. The standard InChI is InChI=1S/C46H51FN10O5S/c1-46(48)13-17-55(18-14-46)39-26-50-41(27-49-39)63-34-4-2-3-32(25-34)51-42(59)30-5-8-37(36(47)24-30)54-15-11-29(12-16-54)44(61)56-21-19-53(20-22-56)33-6-7-35-31(23-33)28-57(45(35)62)38-9-10-40(58)52-43(38)60/h2-8,23-27,29,38H,9-22,28,48H2,1H3,(H,51,59)(H,52,58,60). The maximum atomic E-state index is 15.6. The molecule has 1 unspecified atom stereocenters. The number of halogens is 1. The van der Waals surface area contributed by atoms with Gasteiger partial charge in [0.2, 0.25) is 17.7 Å². The van der Waals surface area contributed by atoms with E-state index < -0.39 is 23.7 Å². The molecule has 0 aliphatic carbocycles. The maximum Gasteiger partial charge on any atom is 0.255 e. The molecule has 5 aliphatic heterocycles. The maximum absolute atomic E-state index is 15.6. The SMILES string of the molecule is CC1(N)CCN(c2cnc(Sc3cccc(NC(=O)c4ccc(N5CCC(C(=O)N6CCN(c7ccc8c(c7)CN(C7CCC(=O)NC7=O)C8=O)CC6)CC5)c(F)c4)c3)cn2)CC1. The van der Waals surface area contributed by atoms with Gasteiger partial charge in [0.1, 0.15) is 22.7 Å². The normalized spacial score (nSPS) is 20.5. The summed E-state index contributed by atoms with van der Waals surface area (Å²) in [5.74, 6) is -1.08. The van der Waals surface area contributed by atoms with E-state index in [0.29, 0.717) is 82.0 Å². The van der Waals surface area contributed by atoms with Gasteiger partial charge in [-0.2, -0.15) is 0 Å². The Morgan fingerprint density at radius 3 is 2.35 bits per heavy atom. The number of hydrogen-bond acceptors (Lipinski definition) is 12. The first-order valence-electron chi connectivity index (χ1n) is 21.7. The minimum Gasteiger partial charge on any atom is -0.369 e. The molecule has 4 fully saturated rings. The molecule has 1 atom stereocenters. The molecule has 3 aromatic carbocycles. The van der Waals surface area contributed by atoms with Crippen molar-refractivity contribution < 1.29 is 28.4 Å². The molecule has 4 saturated heterocycles. The van der Waals surface area contributed by atoms with Crippen LogP contribution in [-0.4, -0.2) is 113 Å². The van der Waals surface area contributed by atoms with Gasteiger partial charge >= 0.3 is 0 Å². The fourth-order valence-electron chi connectivity index (χ4n) is 9.21. The van der Waals surface area contributed by atoms with Crippen LogP contribution in [0.4, 0.5) is 27.3 Å².